The number of ether oxygens (including phenoxy) is 1. The molecule has 1 heterocycles. The fourth-order valence-corrected chi connectivity index (χ4v) is 2.65. The molecule has 1 saturated carbocycles. The van der Waals surface area contributed by atoms with E-state index in [1.807, 2.05) is 0 Å². The van der Waals surface area contributed by atoms with Crippen molar-refractivity contribution in [2.45, 2.75) is 19.3 Å². The maximum absolute atomic E-state index is 12.3. The number of carbonyl (C=O) groups is 2. The standard InChI is InChI=1S/C14H16N2O3/c1-19-12(17)9-3-4-10-11(7-9)16-13(18)14(8-15-10)5-2-6-14/h3-4,7,15H,2,5-6,8H2,1H3,(H,16,18). The van der Waals surface area contributed by atoms with Gasteiger partial charge in [0.15, 0.2) is 0 Å². The molecular formula is C14H16N2O3. The number of anilines is 2. The van der Waals surface area contributed by atoms with E-state index < -0.39 is 5.97 Å². The van der Waals surface area contributed by atoms with Crippen LogP contribution in [0.15, 0.2) is 18.2 Å². The normalized spacial score (nSPS) is 19.5. The first kappa shape index (κ1) is 12.0. The van der Waals surface area contributed by atoms with Crippen LogP contribution in [0.4, 0.5) is 11.4 Å². The van der Waals surface area contributed by atoms with Gasteiger partial charge >= 0.3 is 5.97 Å². The smallest absolute Gasteiger partial charge is 0.337 e. The van der Waals surface area contributed by atoms with Crippen molar-refractivity contribution in [3.05, 3.63) is 23.8 Å². The summed E-state index contributed by atoms with van der Waals surface area (Å²) >= 11 is 0. The number of carbonyl (C=O) groups excluding carboxylic acids is 2. The largest absolute Gasteiger partial charge is 0.465 e. The molecule has 1 aliphatic heterocycles. The van der Waals surface area contributed by atoms with Gasteiger partial charge in [-0.05, 0) is 31.0 Å². The minimum atomic E-state index is -0.403. The lowest BCUT2D eigenvalue weighted by Crippen LogP contribution is -2.45. The number of methoxy groups -OCH3 is 1. The molecule has 3 rings (SSSR count). The van der Waals surface area contributed by atoms with Crippen LogP contribution in [-0.2, 0) is 9.53 Å². The van der Waals surface area contributed by atoms with Gasteiger partial charge in [-0.1, -0.05) is 6.42 Å². The number of rotatable bonds is 1. The Balaban J connectivity index is 1.92. The highest BCUT2D eigenvalue weighted by Crippen LogP contribution is 2.44. The van der Waals surface area contributed by atoms with Crippen molar-refractivity contribution in [3.8, 4) is 0 Å². The molecule has 0 saturated heterocycles. The van der Waals surface area contributed by atoms with Crippen LogP contribution in [0.2, 0.25) is 0 Å². The number of benzene rings is 1. The second-order valence-electron chi connectivity index (χ2n) is 5.19. The van der Waals surface area contributed by atoms with Crippen LogP contribution < -0.4 is 10.6 Å². The topological polar surface area (TPSA) is 67.4 Å². The summed E-state index contributed by atoms with van der Waals surface area (Å²) in [4.78, 5) is 23.8. The molecule has 1 spiro atoms. The third kappa shape index (κ3) is 1.85. The molecule has 1 amide bonds. The molecule has 5 nitrogen and oxygen atoms in total. The molecule has 1 aromatic rings. The van der Waals surface area contributed by atoms with Crippen LogP contribution in [0.1, 0.15) is 29.6 Å². The maximum atomic E-state index is 12.3. The molecule has 0 bridgehead atoms. The minimum Gasteiger partial charge on any atom is -0.465 e. The highest BCUT2D eigenvalue weighted by molar-refractivity contribution is 6.02. The van der Waals surface area contributed by atoms with Crippen molar-refractivity contribution in [2.24, 2.45) is 5.41 Å². The first-order chi connectivity index (χ1) is 9.14. The van der Waals surface area contributed by atoms with Gasteiger partial charge in [0.2, 0.25) is 5.91 Å². The molecule has 1 fully saturated rings. The molecule has 0 atom stereocenters. The van der Waals surface area contributed by atoms with Gasteiger partial charge < -0.3 is 15.4 Å². The number of esters is 1. The van der Waals surface area contributed by atoms with Crippen LogP contribution in [0.25, 0.3) is 0 Å². The average molecular weight is 260 g/mol. The van der Waals surface area contributed by atoms with Crippen molar-refractivity contribution in [2.75, 3.05) is 24.3 Å². The zero-order valence-corrected chi connectivity index (χ0v) is 10.8. The summed E-state index contributed by atoms with van der Waals surface area (Å²) in [6.07, 6.45) is 2.94. The van der Waals surface area contributed by atoms with Crippen molar-refractivity contribution in [3.63, 3.8) is 0 Å². The Labute approximate surface area is 111 Å². The first-order valence-corrected chi connectivity index (χ1v) is 6.42. The van der Waals surface area contributed by atoms with Crippen LogP contribution in [0.5, 0.6) is 0 Å². The second kappa shape index (κ2) is 4.26. The summed E-state index contributed by atoms with van der Waals surface area (Å²) in [7, 11) is 1.34. The monoisotopic (exact) mass is 260 g/mol. The van der Waals surface area contributed by atoms with E-state index in [9.17, 15) is 9.59 Å². The Kier molecular flexibility index (Phi) is 2.69. The molecular weight excluding hydrogens is 244 g/mol. The Bertz CT molecular complexity index is 550. The van der Waals surface area contributed by atoms with E-state index in [1.54, 1.807) is 18.2 Å². The van der Waals surface area contributed by atoms with E-state index in [2.05, 4.69) is 15.4 Å². The molecule has 2 N–H and O–H groups in total. The third-order valence-electron chi connectivity index (χ3n) is 4.10. The highest BCUT2D eigenvalue weighted by atomic mass is 16.5. The molecule has 1 aliphatic carbocycles. The number of fused-ring (bicyclic) bond motifs is 1. The van der Waals surface area contributed by atoms with Crippen molar-refractivity contribution in [1.82, 2.24) is 0 Å². The summed E-state index contributed by atoms with van der Waals surface area (Å²) < 4.78 is 4.69. The number of hydrogen-bond acceptors (Lipinski definition) is 4. The summed E-state index contributed by atoms with van der Waals surface area (Å²) in [5, 5.41) is 6.22. The van der Waals surface area contributed by atoms with Gasteiger partial charge in [0.25, 0.3) is 0 Å². The fourth-order valence-electron chi connectivity index (χ4n) is 2.65. The molecule has 19 heavy (non-hydrogen) atoms. The SMILES string of the molecule is COC(=O)c1ccc2c(c1)NC(=O)C1(CCC1)CN2. The zero-order valence-electron chi connectivity index (χ0n) is 10.8. The first-order valence-electron chi connectivity index (χ1n) is 6.42. The minimum absolute atomic E-state index is 0.0482. The molecule has 1 aromatic carbocycles. The molecule has 0 radical (unpaired) electrons. The molecule has 5 heteroatoms. The Morgan fingerprint density at radius 2 is 2.11 bits per heavy atom. The molecule has 0 aromatic heterocycles. The number of amides is 1. The van der Waals surface area contributed by atoms with Gasteiger partial charge in [-0.3, -0.25) is 4.79 Å². The lowest BCUT2D eigenvalue weighted by atomic mass is 9.68. The van der Waals surface area contributed by atoms with E-state index in [-0.39, 0.29) is 11.3 Å². The fraction of sp³-hybridized carbons (Fsp3) is 0.429. The van der Waals surface area contributed by atoms with Gasteiger partial charge in [-0.2, -0.15) is 0 Å². The predicted molar refractivity (Wildman–Crippen MR) is 71.2 cm³/mol. The molecule has 2 aliphatic rings. The van der Waals surface area contributed by atoms with E-state index >= 15 is 0 Å². The Hall–Kier alpha value is -2.04. The summed E-state index contributed by atoms with van der Waals surface area (Å²) in [5.41, 5.74) is 1.67. The number of hydrogen-bond donors (Lipinski definition) is 2. The third-order valence-corrected chi connectivity index (χ3v) is 4.10. The molecule has 100 valence electrons. The van der Waals surface area contributed by atoms with Crippen molar-refractivity contribution >= 4 is 23.3 Å². The lowest BCUT2D eigenvalue weighted by molar-refractivity contribution is -0.129. The molecule has 0 unspecified atom stereocenters. The Morgan fingerprint density at radius 1 is 1.32 bits per heavy atom. The van der Waals surface area contributed by atoms with Gasteiger partial charge in [0.1, 0.15) is 0 Å². The zero-order chi connectivity index (χ0) is 13.5. The average Bonchev–Trinajstić information content (AvgIpc) is 2.52. The second-order valence-corrected chi connectivity index (χ2v) is 5.19. The quantitative estimate of drug-likeness (QED) is 0.758. The maximum Gasteiger partial charge on any atom is 0.337 e. The number of nitrogens with one attached hydrogen (secondary N) is 2. The van der Waals surface area contributed by atoms with Crippen molar-refractivity contribution in [1.29, 1.82) is 0 Å². The van der Waals surface area contributed by atoms with Gasteiger partial charge in [0.05, 0.1) is 29.5 Å². The van der Waals surface area contributed by atoms with Crippen LogP contribution in [0, 0.1) is 5.41 Å². The lowest BCUT2D eigenvalue weighted by Gasteiger charge is -2.38. The van der Waals surface area contributed by atoms with Crippen LogP contribution in [-0.4, -0.2) is 25.5 Å². The van der Waals surface area contributed by atoms with Gasteiger partial charge in [-0.25, -0.2) is 4.79 Å². The Morgan fingerprint density at radius 3 is 2.74 bits per heavy atom. The summed E-state index contributed by atoms with van der Waals surface area (Å²) in [6.45, 7) is 0.656. The van der Waals surface area contributed by atoms with E-state index in [1.165, 1.54) is 7.11 Å². The van der Waals surface area contributed by atoms with Gasteiger partial charge in [-0.15, -0.1) is 0 Å². The van der Waals surface area contributed by atoms with Crippen LogP contribution >= 0.6 is 0 Å². The van der Waals surface area contributed by atoms with Crippen LogP contribution in [0.3, 0.4) is 0 Å². The highest BCUT2D eigenvalue weighted by Gasteiger charge is 2.45. The van der Waals surface area contributed by atoms with Crippen molar-refractivity contribution < 1.29 is 14.3 Å². The summed E-state index contributed by atoms with van der Waals surface area (Å²) in [6, 6.07) is 5.16. The summed E-state index contributed by atoms with van der Waals surface area (Å²) in [5.74, 6) is -0.355. The van der Waals surface area contributed by atoms with E-state index in [4.69, 9.17) is 0 Å². The van der Waals surface area contributed by atoms with Gasteiger partial charge in [0, 0.05) is 6.54 Å². The predicted octanol–water partition coefficient (Wildman–Crippen LogP) is 2.01. The van der Waals surface area contributed by atoms with E-state index in [0.717, 1.165) is 24.9 Å². The van der Waals surface area contributed by atoms with E-state index in [0.29, 0.717) is 17.8 Å².